The van der Waals surface area contributed by atoms with E-state index in [-0.39, 0.29) is 42.7 Å². The molecule has 0 saturated carbocycles. The first-order valence-electron chi connectivity index (χ1n) is 13.3. The van der Waals surface area contributed by atoms with Crippen LogP contribution in [0, 0.1) is 0 Å². The molecule has 2 saturated heterocycles. The molecule has 10 nitrogen and oxygen atoms in total. The highest BCUT2D eigenvalue weighted by Gasteiger charge is 2.33. The predicted octanol–water partition coefficient (Wildman–Crippen LogP) is 3.08. The summed E-state index contributed by atoms with van der Waals surface area (Å²) in [5, 5.41) is 6.43. The molecular weight excluding hydrogens is 555 g/mol. The number of carbonyl (C=O) groups excluding carboxylic acids is 2. The third-order valence-corrected chi connectivity index (χ3v) is 7.70. The van der Waals surface area contributed by atoms with Crippen LogP contribution in [0.5, 0.6) is 11.5 Å². The molecule has 2 amide bonds. The highest BCUT2D eigenvalue weighted by Crippen LogP contribution is 2.30. The van der Waals surface area contributed by atoms with Gasteiger partial charge in [-0.1, -0.05) is 0 Å². The van der Waals surface area contributed by atoms with E-state index in [2.05, 4.69) is 14.8 Å². The van der Waals surface area contributed by atoms with E-state index < -0.39 is 0 Å². The molecule has 2 aromatic rings. The van der Waals surface area contributed by atoms with Gasteiger partial charge in [0.2, 0.25) is 11.8 Å². The third kappa shape index (κ3) is 7.16. The van der Waals surface area contributed by atoms with Crippen LogP contribution in [0.4, 0.5) is 5.69 Å². The molecule has 12 heteroatoms. The van der Waals surface area contributed by atoms with Crippen LogP contribution < -0.4 is 14.4 Å². The zero-order valence-electron chi connectivity index (χ0n) is 23.0. The van der Waals surface area contributed by atoms with Crippen molar-refractivity contribution in [1.29, 1.82) is 0 Å². The summed E-state index contributed by atoms with van der Waals surface area (Å²) in [6.45, 7) is 5.25. The van der Waals surface area contributed by atoms with Crippen LogP contribution in [0.25, 0.3) is 0 Å². The second-order valence-corrected chi connectivity index (χ2v) is 9.94. The highest BCUT2D eigenvalue weighted by atomic mass is 35.5. The van der Waals surface area contributed by atoms with E-state index in [9.17, 15) is 9.59 Å². The van der Waals surface area contributed by atoms with Crippen LogP contribution in [-0.2, 0) is 9.59 Å². The molecule has 0 bridgehead atoms. The van der Waals surface area contributed by atoms with Crippen molar-refractivity contribution in [2.45, 2.75) is 31.7 Å². The second-order valence-electron chi connectivity index (χ2n) is 9.94. The number of amides is 2. The number of piperazine rings is 1. The van der Waals surface area contributed by atoms with Gasteiger partial charge in [0, 0.05) is 75.8 Å². The number of likely N-dealkylation sites (tertiary alicyclic amines) is 1. The molecule has 2 fully saturated rings. The lowest BCUT2D eigenvalue weighted by Gasteiger charge is -2.39. The van der Waals surface area contributed by atoms with Crippen molar-refractivity contribution in [3.63, 3.8) is 0 Å². The Balaban J connectivity index is 0.00000220. The van der Waals surface area contributed by atoms with E-state index in [4.69, 9.17) is 14.6 Å². The molecule has 0 atom stereocenters. The van der Waals surface area contributed by atoms with Crippen LogP contribution in [-0.4, -0.2) is 103 Å². The Morgan fingerprint density at radius 1 is 0.900 bits per heavy atom. The number of carbonyl (C=O) groups is 2. The maximum absolute atomic E-state index is 13.0. The summed E-state index contributed by atoms with van der Waals surface area (Å²) < 4.78 is 10.8. The number of hydrazone groups is 1. The van der Waals surface area contributed by atoms with Crippen LogP contribution in [0.1, 0.15) is 31.2 Å². The first-order chi connectivity index (χ1) is 18.6. The normalized spacial score (nSPS) is 18.4. The van der Waals surface area contributed by atoms with E-state index in [1.54, 1.807) is 19.2 Å². The molecule has 0 spiro atoms. The van der Waals surface area contributed by atoms with E-state index in [0.717, 1.165) is 50.3 Å². The highest BCUT2D eigenvalue weighted by molar-refractivity contribution is 6.04. The molecule has 0 unspecified atom stereocenters. The minimum absolute atomic E-state index is 0. The van der Waals surface area contributed by atoms with Crippen LogP contribution in [0.2, 0.25) is 0 Å². The second kappa shape index (κ2) is 14.5. The van der Waals surface area contributed by atoms with Gasteiger partial charge >= 0.3 is 0 Å². The number of aromatic nitrogens is 1. The van der Waals surface area contributed by atoms with Crippen molar-refractivity contribution >= 4 is 48.0 Å². The van der Waals surface area contributed by atoms with Gasteiger partial charge in [-0.25, -0.2) is 5.01 Å². The number of hydrogen-bond acceptors (Lipinski definition) is 8. The summed E-state index contributed by atoms with van der Waals surface area (Å²) in [6.07, 6.45) is 6.11. The molecule has 1 aromatic heterocycles. The van der Waals surface area contributed by atoms with E-state index in [1.165, 1.54) is 5.69 Å². The number of hydrogen-bond donors (Lipinski definition) is 0. The largest absolute Gasteiger partial charge is 0.493 e. The average Bonchev–Trinajstić information content (AvgIpc) is 2.98. The summed E-state index contributed by atoms with van der Waals surface area (Å²) in [6, 6.07) is 9.78. The van der Waals surface area contributed by atoms with Gasteiger partial charge in [-0.3, -0.25) is 19.5 Å². The topological polar surface area (TPSA) is 90.8 Å². The minimum Gasteiger partial charge on any atom is -0.493 e. The van der Waals surface area contributed by atoms with Crippen LogP contribution in [0.15, 0.2) is 47.8 Å². The Hall–Kier alpha value is -3.08. The molecule has 4 heterocycles. The Kier molecular flexibility index (Phi) is 11.4. The van der Waals surface area contributed by atoms with Gasteiger partial charge in [-0.2, -0.15) is 5.10 Å². The SMILES string of the molecule is COc1ccc(C2=NN(C3CCN(C(=O)CN4CCN(c5ccncc5)CC4)CC3)C(=O)CC2)cc1OC.Cl.Cl. The van der Waals surface area contributed by atoms with Crippen molar-refractivity contribution in [2.24, 2.45) is 5.10 Å². The fourth-order valence-electron chi connectivity index (χ4n) is 5.45. The summed E-state index contributed by atoms with van der Waals surface area (Å²) in [7, 11) is 3.22. The van der Waals surface area contributed by atoms with E-state index in [0.29, 0.717) is 44.0 Å². The molecule has 3 aliphatic heterocycles. The van der Waals surface area contributed by atoms with Gasteiger partial charge in [0.25, 0.3) is 0 Å². The number of benzene rings is 1. The molecule has 1 aromatic carbocycles. The van der Waals surface area contributed by atoms with Crippen molar-refractivity contribution in [3.05, 3.63) is 48.3 Å². The fourth-order valence-corrected chi connectivity index (χ4v) is 5.45. The number of nitrogens with zero attached hydrogens (tertiary/aromatic N) is 6. The fraction of sp³-hybridized carbons (Fsp3) is 0.500. The Morgan fingerprint density at radius 3 is 2.23 bits per heavy atom. The summed E-state index contributed by atoms with van der Waals surface area (Å²) in [4.78, 5) is 36.4. The molecule has 3 aliphatic rings. The quantitative estimate of drug-likeness (QED) is 0.488. The van der Waals surface area contributed by atoms with Gasteiger partial charge in [-0.15, -0.1) is 24.8 Å². The molecule has 0 aliphatic carbocycles. The standard InChI is InChI=1S/C28H36N6O4.2ClH/c1-37-25-5-3-21(19-26(25)38-2)24-4-6-27(35)34(30-24)23-9-13-33(14-10-23)28(36)20-31-15-17-32(18-16-31)22-7-11-29-12-8-22;;/h3,5,7-8,11-12,19,23H,4,6,9-10,13-18,20H2,1-2H3;2*1H. The number of pyridine rings is 1. The molecule has 218 valence electrons. The molecule has 40 heavy (non-hydrogen) atoms. The average molecular weight is 594 g/mol. The van der Waals surface area contributed by atoms with Gasteiger partial charge in [0.15, 0.2) is 11.5 Å². The van der Waals surface area contributed by atoms with Gasteiger partial charge in [0.1, 0.15) is 0 Å². The van der Waals surface area contributed by atoms with Gasteiger partial charge < -0.3 is 19.3 Å². The lowest BCUT2D eigenvalue weighted by Crippen LogP contribution is -2.52. The molecule has 0 radical (unpaired) electrons. The first kappa shape index (κ1) is 31.4. The molecule has 0 N–H and O–H groups in total. The van der Waals surface area contributed by atoms with Gasteiger partial charge in [0.05, 0.1) is 32.5 Å². The Labute approximate surface area is 248 Å². The number of rotatable bonds is 7. The summed E-state index contributed by atoms with van der Waals surface area (Å²) in [5.41, 5.74) is 2.98. The van der Waals surface area contributed by atoms with E-state index in [1.807, 2.05) is 47.6 Å². The number of halogens is 2. The summed E-state index contributed by atoms with van der Waals surface area (Å²) in [5.74, 6) is 1.52. The zero-order valence-corrected chi connectivity index (χ0v) is 24.7. The monoisotopic (exact) mass is 592 g/mol. The van der Waals surface area contributed by atoms with Crippen molar-refractivity contribution in [2.75, 3.05) is 64.9 Å². The predicted molar refractivity (Wildman–Crippen MR) is 159 cm³/mol. The van der Waals surface area contributed by atoms with Crippen LogP contribution >= 0.6 is 24.8 Å². The van der Waals surface area contributed by atoms with E-state index >= 15 is 0 Å². The number of piperidine rings is 1. The summed E-state index contributed by atoms with van der Waals surface area (Å²) >= 11 is 0. The van der Waals surface area contributed by atoms with Gasteiger partial charge in [-0.05, 0) is 43.2 Å². The number of anilines is 1. The molecule has 5 rings (SSSR count). The molecular formula is C28H38Cl2N6O4. The van der Waals surface area contributed by atoms with Crippen molar-refractivity contribution < 1.29 is 19.1 Å². The number of ether oxygens (including phenoxy) is 2. The Morgan fingerprint density at radius 2 is 1.57 bits per heavy atom. The van der Waals surface area contributed by atoms with Crippen molar-refractivity contribution in [1.82, 2.24) is 19.8 Å². The maximum atomic E-state index is 13.0. The maximum Gasteiger partial charge on any atom is 0.243 e. The van der Waals surface area contributed by atoms with Crippen molar-refractivity contribution in [3.8, 4) is 11.5 Å². The first-order valence-corrected chi connectivity index (χ1v) is 13.3. The number of methoxy groups -OCH3 is 2. The smallest absolute Gasteiger partial charge is 0.243 e. The lowest BCUT2D eigenvalue weighted by molar-refractivity contribution is -0.137. The zero-order chi connectivity index (χ0) is 26.5. The minimum atomic E-state index is 0. The van der Waals surface area contributed by atoms with Crippen LogP contribution in [0.3, 0.4) is 0 Å². The third-order valence-electron chi connectivity index (χ3n) is 7.70. The lowest BCUT2D eigenvalue weighted by atomic mass is 10.0. The Bertz CT molecular complexity index is 1170.